The van der Waals surface area contributed by atoms with Gasteiger partial charge in [0.2, 0.25) is 0 Å². The number of aromatic nitrogens is 3. The van der Waals surface area contributed by atoms with E-state index >= 15 is 0 Å². The largest absolute Gasteiger partial charge is 0.394 e. The fourth-order valence-corrected chi connectivity index (χ4v) is 2.75. The molecular formula is C16H23N5O2. The summed E-state index contributed by atoms with van der Waals surface area (Å²) in [5, 5.41) is 10.2. The quantitative estimate of drug-likeness (QED) is 0.673. The van der Waals surface area contributed by atoms with Crippen molar-refractivity contribution in [2.45, 2.75) is 38.5 Å². The summed E-state index contributed by atoms with van der Waals surface area (Å²) in [6.07, 6.45) is 6.02. The molecule has 1 N–H and O–H groups in total. The van der Waals surface area contributed by atoms with Crippen molar-refractivity contribution in [2.24, 2.45) is 4.99 Å². The second-order valence-corrected chi connectivity index (χ2v) is 5.96. The van der Waals surface area contributed by atoms with E-state index < -0.39 is 0 Å². The van der Waals surface area contributed by atoms with E-state index in [9.17, 15) is 5.11 Å². The molecule has 0 aliphatic carbocycles. The Bertz CT molecular complexity index is 710. The molecule has 1 saturated heterocycles. The Hall–Kier alpha value is -1.99. The fraction of sp³-hybridized carbons (Fsp3) is 0.562. The van der Waals surface area contributed by atoms with E-state index in [0.29, 0.717) is 5.82 Å². The number of fused-ring (bicyclic) bond motifs is 1. The van der Waals surface area contributed by atoms with Crippen LogP contribution in [-0.4, -0.2) is 57.7 Å². The third-order valence-corrected chi connectivity index (χ3v) is 3.92. The SMILES string of the molecule is CCc1nc(/N=C/N(C)C)c2ccn(C3CCC(CO)O3)c2n1. The predicted octanol–water partition coefficient (Wildman–Crippen LogP) is 1.89. The zero-order valence-corrected chi connectivity index (χ0v) is 13.8. The Balaban J connectivity index is 2.03. The summed E-state index contributed by atoms with van der Waals surface area (Å²) in [5.74, 6) is 1.44. The van der Waals surface area contributed by atoms with E-state index in [1.54, 1.807) is 6.34 Å². The highest BCUT2D eigenvalue weighted by Crippen LogP contribution is 2.33. The molecule has 1 fully saturated rings. The number of rotatable bonds is 5. The highest BCUT2D eigenvalue weighted by Gasteiger charge is 2.27. The van der Waals surface area contributed by atoms with E-state index in [1.165, 1.54) is 0 Å². The molecule has 2 unspecified atom stereocenters. The number of aliphatic imine (C=N–C) groups is 1. The van der Waals surface area contributed by atoms with Gasteiger partial charge in [-0.3, -0.25) is 0 Å². The first kappa shape index (κ1) is 15.9. The third-order valence-electron chi connectivity index (χ3n) is 3.92. The summed E-state index contributed by atoms with van der Waals surface area (Å²) in [6.45, 7) is 2.09. The summed E-state index contributed by atoms with van der Waals surface area (Å²) in [5.41, 5.74) is 0.839. The minimum Gasteiger partial charge on any atom is -0.394 e. The molecule has 23 heavy (non-hydrogen) atoms. The van der Waals surface area contributed by atoms with Gasteiger partial charge in [-0.15, -0.1) is 0 Å². The molecule has 2 atom stereocenters. The van der Waals surface area contributed by atoms with Crippen molar-refractivity contribution in [3.8, 4) is 0 Å². The van der Waals surface area contributed by atoms with Crippen LogP contribution in [0.5, 0.6) is 0 Å². The van der Waals surface area contributed by atoms with Gasteiger partial charge >= 0.3 is 0 Å². The van der Waals surface area contributed by atoms with Crippen molar-refractivity contribution in [2.75, 3.05) is 20.7 Å². The lowest BCUT2D eigenvalue weighted by atomic mass is 10.2. The zero-order valence-electron chi connectivity index (χ0n) is 13.8. The smallest absolute Gasteiger partial charge is 0.166 e. The van der Waals surface area contributed by atoms with E-state index in [1.807, 2.05) is 42.7 Å². The van der Waals surface area contributed by atoms with Gasteiger partial charge in [0, 0.05) is 26.7 Å². The Kier molecular flexibility index (Phi) is 4.58. The lowest BCUT2D eigenvalue weighted by Crippen LogP contribution is -2.14. The summed E-state index contributed by atoms with van der Waals surface area (Å²) in [4.78, 5) is 15.5. The van der Waals surface area contributed by atoms with Crippen LogP contribution in [0.15, 0.2) is 17.3 Å². The van der Waals surface area contributed by atoms with Crippen molar-refractivity contribution in [3.05, 3.63) is 18.1 Å². The highest BCUT2D eigenvalue weighted by molar-refractivity contribution is 5.87. The Morgan fingerprint density at radius 1 is 1.43 bits per heavy atom. The van der Waals surface area contributed by atoms with Crippen LogP contribution in [0.4, 0.5) is 5.82 Å². The van der Waals surface area contributed by atoms with Crippen LogP contribution in [0, 0.1) is 0 Å². The lowest BCUT2D eigenvalue weighted by molar-refractivity contribution is -0.0204. The van der Waals surface area contributed by atoms with Crippen molar-refractivity contribution in [3.63, 3.8) is 0 Å². The van der Waals surface area contributed by atoms with E-state index in [4.69, 9.17) is 4.74 Å². The van der Waals surface area contributed by atoms with Crippen LogP contribution < -0.4 is 0 Å². The van der Waals surface area contributed by atoms with Crippen molar-refractivity contribution >= 4 is 23.2 Å². The van der Waals surface area contributed by atoms with Gasteiger partial charge in [0.25, 0.3) is 0 Å². The Morgan fingerprint density at radius 3 is 2.91 bits per heavy atom. The monoisotopic (exact) mass is 317 g/mol. The molecule has 2 aromatic heterocycles. The number of ether oxygens (including phenoxy) is 1. The van der Waals surface area contributed by atoms with Crippen LogP contribution >= 0.6 is 0 Å². The topological polar surface area (TPSA) is 75.8 Å². The Morgan fingerprint density at radius 2 is 2.26 bits per heavy atom. The maximum atomic E-state index is 9.26. The predicted molar refractivity (Wildman–Crippen MR) is 89.0 cm³/mol. The molecule has 0 bridgehead atoms. The summed E-state index contributed by atoms with van der Waals surface area (Å²) >= 11 is 0. The summed E-state index contributed by atoms with van der Waals surface area (Å²) in [7, 11) is 3.85. The molecule has 1 aliphatic rings. The molecule has 0 aromatic carbocycles. The van der Waals surface area contributed by atoms with E-state index in [0.717, 1.165) is 36.1 Å². The van der Waals surface area contributed by atoms with Crippen LogP contribution in [0.1, 0.15) is 31.8 Å². The molecule has 3 heterocycles. The molecule has 124 valence electrons. The third kappa shape index (κ3) is 3.20. The minimum atomic E-state index is -0.0880. The van der Waals surface area contributed by atoms with Crippen LogP contribution in [0.2, 0.25) is 0 Å². The van der Waals surface area contributed by atoms with Gasteiger partial charge in [-0.1, -0.05) is 6.92 Å². The van der Waals surface area contributed by atoms with Gasteiger partial charge < -0.3 is 19.3 Å². The average Bonchev–Trinajstić information content (AvgIpc) is 3.18. The number of aryl methyl sites for hydroxylation is 1. The van der Waals surface area contributed by atoms with Crippen molar-refractivity contribution in [1.29, 1.82) is 0 Å². The van der Waals surface area contributed by atoms with Crippen LogP contribution in [0.25, 0.3) is 11.0 Å². The number of aliphatic hydroxyl groups is 1. The van der Waals surface area contributed by atoms with Gasteiger partial charge in [0.1, 0.15) is 17.7 Å². The Labute approximate surface area is 135 Å². The number of aliphatic hydroxyl groups excluding tert-OH is 1. The van der Waals surface area contributed by atoms with Gasteiger partial charge in [0.15, 0.2) is 5.82 Å². The van der Waals surface area contributed by atoms with E-state index in [2.05, 4.69) is 15.0 Å². The molecule has 0 spiro atoms. The molecule has 3 rings (SSSR count). The molecule has 2 aromatic rings. The minimum absolute atomic E-state index is 0.0588. The molecule has 7 heteroatoms. The molecule has 7 nitrogen and oxygen atoms in total. The second-order valence-electron chi connectivity index (χ2n) is 5.96. The summed E-state index contributed by atoms with van der Waals surface area (Å²) < 4.78 is 7.91. The number of hydrogen-bond donors (Lipinski definition) is 1. The second kappa shape index (κ2) is 6.64. The van der Waals surface area contributed by atoms with Gasteiger partial charge in [-0.2, -0.15) is 0 Å². The maximum Gasteiger partial charge on any atom is 0.166 e. The van der Waals surface area contributed by atoms with Crippen LogP contribution in [-0.2, 0) is 11.2 Å². The summed E-state index contributed by atoms with van der Waals surface area (Å²) in [6, 6.07) is 1.98. The first-order valence-electron chi connectivity index (χ1n) is 7.96. The van der Waals surface area contributed by atoms with Crippen molar-refractivity contribution in [1.82, 2.24) is 19.4 Å². The standard InChI is InChI=1S/C16H23N5O2/c1-4-13-18-15(17-10-20(2)3)12-7-8-21(16(12)19-13)14-6-5-11(9-22)23-14/h7-8,10-11,14,22H,4-6,9H2,1-3H3/b17-10+. The number of hydrogen-bond acceptors (Lipinski definition) is 5. The average molecular weight is 317 g/mol. The van der Waals surface area contributed by atoms with E-state index in [-0.39, 0.29) is 18.9 Å². The molecule has 0 amide bonds. The van der Waals surface area contributed by atoms with Gasteiger partial charge in [-0.05, 0) is 18.9 Å². The van der Waals surface area contributed by atoms with Crippen molar-refractivity contribution < 1.29 is 9.84 Å². The first-order valence-corrected chi connectivity index (χ1v) is 7.96. The number of nitrogens with zero attached hydrogens (tertiary/aromatic N) is 5. The normalized spacial score (nSPS) is 21.6. The first-order chi connectivity index (χ1) is 11.1. The highest BCUT2D eigenvalue weighted by atomic mass is 16.5. The lowest BCUT2D eigenvalue weighted by Gasteiger charge is -2.15. The molecular weight excluding hydrogens is 294 g/mol. The molecule has 0 saturated carbocycles. The molecule has 0 radical (unpaired) electrons. The van der Waals surface area contributed by atoms with Gasteiger partial charge in [0.05, 0.1) is 24.4 Å². The fourth-order valence-electron chi connectivity index (χ4n) is 2.75. The maximum absolute atomic E-state index is 9.26. The molecule has 1 aliphatic heterocycles. The van der Waals surface area contributed by atoms with Gasteiger partial charge in [-0.25, -0.2) is 15.0 Å². The zero-order chi connectivity index (χ0) is 16.4. The van der Waals surface area contributed by atoms with Crippen LogP contribution in [0.3, 0.4) is 0 Å².